The number of methoxy groups -OCH3 is 2. The van der Waals surface area contributed by atoms with E-state index in [4.69, 9.17) is 15.3 Å². The van der Waals surface area contributed by atoms with Crippen LogP contribution in [0.2, 0.25) is 0 Å². The Labute approximate surface area is 118 Å². The Balaban J connectivity index is 2.42. The van der Waals surface area contributed by atoms with E-state index in [1.165, 1.54) is 0 Å². The van der Waals surface area contributed by atoms with E-state index in [2.05, 4.69) is 10.5 Å². The fourth-order valence-electron chi connectivity index (χ4n) is 2.21. The quantitative estimate of drug-likeness (QED) is 0.617. The van der Waals surface area contributed by atoms with Crippen molar-refractivity contribution in [2.75, 3.05) is 14.2 Å². The van der Waals surface area contributed by atoms with Gasteiger partial charge in [0.05, 0.1) is 26.5 Å². The molecule has 0 radical (unpaired) electrons. The fourth-order valence-corrected chi connectivity index (χ4v) is 2.21. The Morgan fingerprint density at radius 1 is 1.25 bits per heavy atom. The molecular formula is C14H20N4O2. The summed E-state index contributed by atoms with van der Waals surface area (Å²) in [6.45, 7) is 2.77. The van der Waals surface area contributed by atoms with Gasteiger partial charge in [0.2, 0.25) is 0 Å². The molecule has 1 heterocycles. The first kappa shape index (κ1) is 14.4. The third-order valence-corrected chi connectivity index (χ3v) is 3.25. The SMILES string of the molecule is CCn1ncc(OC)c1C(NN)c1ccc(OC)cc1. The Bertz CT molecular complexity index is 529. The molecule has 1 aromatic heterocycles. The normalized spacial score (nSPS) is 12.2. The van der Waals surface area contributed by atoms with Crippen LogP contribution < -0.4 is 20.7 Å². The lowest BCUT2D eigenvalue weighted by molar-refractivity contribution is 0.399. The predicted molar refractivity (Wildman–Crippen MR) is 76.6 cm³/mol. The summed E-state index contributed by atoms with van der Waals surface area (Å²) in [5, 5.41) is 4.30. The Kier molecular flexibility index (Phi) is 4.60. The summed E-state index contributed by atoms with van der Waals surface area (Å²) in [7, 11) is 3.27. The molecule has 0 aliphatic rings. The summed E-state index contributed by atoms with van der Waals surface area (Å²) < 4.78 is 12.4. The summed E-state index contributed by atoms with van der Waals surface area (Å²) in [6, 6.07) is 7.54. The lowest BCUT2D eigenvalue weighted by Crippen LogP contribution is -2.31. The first-order valence-electron chi connectivity index (χ1n) is 6.44. The second-order valence-electron chi connectivity index (χ2n) is 4.29. The van der Waals surface area contributed by atoms with Crippen LogP contribution in [0.5, 0.6) is 11.5 Å². The Hall–Kier alpha value is -2.05. The van der Waals surface area contributed by atoms with Crippen molar-refractivity contribution in [3.05, 3.63) is 41.7 Å². The monoisotopic (exact) mass is 276 g/mol. The van der Waals surface area contributed by atoms with E-state index in [-0.39, 0.29) is 6.04 Å². The average Bonchev–Trinajstić information content (AvgIpc) is 2.91. The minimum absolute atomic E-state index is 0.196. The highest BCUT2D eigenvalue weighted by Crippen LogP contribution is 2.30. The first-order chi connectivity index (χ1) is 9.74. The number of rotatable bonds is 6. The van der Waals surface area contributed by atoms with Gasteiger partial charge in [0.25, 0.3) is 0 Å². The van der Waals surface area contributed by atoms with Gasteiger partial charge in [0.1, 0.15) is 11.4 Å². The molecule has 3 N–H and O–H groups in total. The van der Waals surface area contributed by atoms with E-state index in [0.717, 1.165) is 23.6 Å². The molecule has 1 atom stereocenters. The van der Waals surface area contributed by atoms with Crippen LogP contribution in [0.1, 0.15) is 24.2 Å². The van der Waals surface area contributed by atoms with Crippen molar-refractivity contribution in [1.82, 2.24) is 15.2 Å². The largest absolute Gasteiger partial charge is 0.497 e. The summed E-state index contributed by atoms with van der Waals surface area (Å²) in [6.07, 6.45) is 1.70. The van der Waals surface area contributed by atoms with Crippen molar-refractivity contribution >= 4 is 0 Å². The number of nitrogens with one attached hydrogen (secondary N) is 1. The molecule has 0 fully saturated rings. The average molecular weight is 276 g/mol. The number of hydrogen-bond donors (Lipinski definition) is 2. The van der Waals surface area contributed by atoms with Crippen LogP contribution >= 0.6 is 0 Å². The van der Waals surface area contributed by atoms with Gasteiger partial charge in [-0.2, -0.15) is 5.10 Å². The molecule has 0 amide bonds. The van der Waals surface area contributed by atoms with Crippen LogP contribution in [-0.4, -0.2) is 24.0 Å². The molecule has 6 heteroatoms. The molecule has 1 unspecified atom stereocenters. The third kappa shape index (κ3) is 2.61. The molecule has 0 aliphatic carbocycles. The summed E-state index contributed by atoms with van der Waals surface area (Å²) in [4.78, 5) is 0. The van der Waals surface area contributed by atoms with Gasteiger partial charge in [-0.15, -0.1) is 0 Å². The number of hydrogen-bond acceptors (Lipinski definition) is 5. The second kappa shape index (κ2) is 6.40. The van der Waals surface area contributed by atoms with Crippen molar-refractivity contribution < 1.29 is 9.47 Å². The van der Waals surface area contributed by atoms with E-state index < -0.39 is 0 Å². The van der Waals surface area contributed by atoms with Gasteiger partial charge in [0, 0.05) is 6.54 Å². The van der Waals surface area contributed by atoms with Gasteiger partial charge in [-0.25, -0.2) is 5.43 Å². The molecule has 20 heavy (non-hydrogen) atoms. The minimum Gasteiger partial charge on any atom is -0.497 e. The highest BCUT2D eigenvalue weighted by Gasteiger charge is 2.22. The summed E-state index contributed by atoms with van der Waals surface area (Å²) in [5.74, 6) is 7.26. The second-order valence-corrected chi connectivity index (χ2v) is 4.29. The number of hydrazine groups is 1. The zero-order valence-electron chi connectivity index (χ0n) is 12.0. The van der Waals surface area contributed by atoms with E-state index in [1.54, 1.807) is 20.4 Å². The predicted octanol–water partition coefficient (Wildman–Crippen LogP) is 1.47. The first-order valence-corrected chi connectivity index (χ1v) is 6.44. The van der Waals surface area contributed by atoms with Crippen LogP contribution in [0.4, 0.5) is 0 Å². The van der Waals surface area contributed by atoms with Gasteiger partial charge in [0.15, 0.2) is 5.75 Å². The van der Waals surface area contributed by atoms with Crippen molar-refractivity contribution in [2.45, 2.75) is 19.5 Å². The molecule has 1 aromatic carbocycles. The molecule has 0 saturated carbocycles. The van der Waals surface area contributed by atoms with Crippen LogP contribution in [0.15, 0.2) is 30.5 Å². The fraction of sp³-hybridized carbons (Fsp3) is 0.357. The molecule has 108 valence electrons. The van der Waals surface area contributed by atoms with Crippen LogP contribution in [0, 0.1) is 0 Å². The number of aromatic nitrogens is 2. The van der Waals surface area contributed by atoms with Crippen molar-refractivity contribution in [1.29, 1.82) is 0 Å². The number of benzene rings is 1. The zero-order chi connectivity index (χ0) is 14.5. The molecular weight excluding hydrogens is 256 g/mol. The van der Waals surface area contributed by atoms with E-state index in [0.29, 0.717) is 5.75 Å². The van der Waals surface area contributed by atoms with Crippen LogP contribution in [-0.2, 0) is 6.54 Å². The van der Waals surface area contributed by atoms with Crippen LogP contribution in [0.25, 0.3) is 0 Å². The zero-order valence-corrected chi connectivity index (χ0v) is 12.0. The van der Waals surface area contributed by atoms with Gasteiger partial charge in [-0.3, -0.25) is 10.5 Å². The topological polar surface area (TPSA) is 74.3 Å². The highest BCUT2D eigenvalue weighted by atomic mass is 16.5. The molecule has 0 saturated heterocycles. The van der Waals surface area contributed by atoms with Gasteiger partial charge in [-0.1, -0.05) is 12.1 Å². The van der Waals surface area contributed by atoms with E-state index in [9.17, 15) is 0 Å². The number of ether oxygens (including phenoxy) is 2. The van der Waals surface area contributed by atoms with Crippen molar-refractivity contribution in [2.24, 2.45) is 5.84 Å². The summed E-state index contributed by atoms with van der Waals surface area (Å²) in [5.41, 5.74) is 4.75. The van der Waals surface area contributed by atoms with Gasteiger partial charge in [-0.05, 0) is 24.6 Å². The Morgan fingerprint density at radius 2 is 1.95 bits per heavy atom. The van der Waals surface area contributed by atoms with E-state index >= 15 is 0 Å². The highest BCUT2D eigenvalue weighted by molar-refractivity contribution is 5.38. The third-order valence-electron chi connectivity index (χ3n) is 3.25. The number of nitrogens with zero attached hydrogens (tertiary/aromatic N) is 2. The lowest BCUT2D eigenvalue weighted by Gasteiger charge is -2.19. The molecule has 0 aliphatic heterocycles. The number of aryl methyl sites for hydroxylation is 1. The minimum atomic E-state index is -0.196. The van der Waals surface area contributed by atoms with E-state index in [1.807, 2.05) is 35.9 Å². The molecule has 2 aromatic rings. The molecule has 0 bridgehead atoms. The standard InChI is InChI=1S/C14H20N4O2/c1-4-18-14(12(20-3)9-16-18)13(17-15)10-5-7-11(19-2)8-6-10/h5-9,13,17H,4,15H2,1-3H3. The molecule has 2 rings (SSSR count). The smallest absolute Gasteiger partial charge is 0.161 e. The Morgan fingerprint density at radius 3 is 2.45 bits per heavy atom. The molecule has 6 nitrogen and oxygen atoms in total. The number of nitrogens with two attached hydrogens (primary N) is 1. The van der Waals surface area contributed by atoms with Gasteiger partial charge < -0.3 is 9.47 Å². The summed E-state index contributed by atoms with van der Waals surface area (Å²) >= 11 is 0. The molecule has 0 spiro atoms. The van der Waals surface area contributed by atoms with Crippen molar-refractivity contribution in [3.63, 3.8) is 0 Å². The maximum Gasteiger partial charge on any atom is 0.161 e. The maximum atomic E-state index is 5.74. The van der Waals surface area contributed by atoms with Crippen LogP contribution in [0.3, 0.4) is 0 Å². The maximum absolute atomic E-state index is 5.74. The van der Waals surface area contributed by atoms with Crippen molar-refractivity contribution in [3.8, 4) is 11.5 Å². The van der Waals surface area contributed by atoms with Gasteiger partial charge >= 0.3 is 0 Å². The lowest BCUT2D eigenvalue weighted by atomic mass is 10.0.